The lowest BCUT2D eigenvalue weighted by atomic mass is 10.2. The molecule has 70 valence electrons. The molecular weight excluding hydrogens is 166 g/mol. The maximum Gasteiger partial charge on any atom is 0.256 e. The van der Waals surface area contributed by atoms with Gasteiger partial charge in [-0.2, -0.15) is 0 Å². The lowest BCUT2D eigenvalue weighted by molar-refractivity contribution is -0.138. The van der Waals surface area contributed by atoms with Crippen molar-refractivity contribution in [2.75, 3.05) is 0 Å². The molecule has 0 spiro atoms. The molecule has 1 fully saturated rings. The lowest BCUT2D eigenvalue weighted by Crippen LogP contribution is -2.35. The fourth-order valence-electron chi connectivity index (χ4n) is 1.78. The molecule has 0 aromatic heterocycles. The van der Waals surface area contributed by atoms with Crippen molar-refractivity contribution in [2.24, 2.45) is 5.41 Å². The summed E-state index contributed by atoms with van der Waals surface area (Å²) in [4.78, 5) is 24.3. The molecule has 0 saturated heterocycles. The van der Waals surface area contributed by atoms with Gasteiger partial charge in [-0.05, 0) is 18.8 Å². The van der Waals surface area contributed by atoms with E-state index >= 15 is 0 Å². The number of imide groups is 1. The zero-order valence-electron chi connectivity index (χ0n) is 8.13. The Bertz CT molecular complexity index is 328. The molecule has 0 bridgehead atoms. The molecule has 1 saturated carbocycles. The number of hydrogen-bond acceptors (Lipinski definition) is 2. The molecule has 3 heteroatoms. The van der Waals surface area contributed by atoms with Crippen molar-refractivity contribution in [1.82, 2.24) is 4.90 Å². The van der Waals surface area contributed by atoms with Crippen LogP contribution in [0, 0.1) is 5.41 Å². The van der Waals surface area contributed by atoms with Gasteiger partial charge in [0.1, 0.15) is 0 Å². The molecule has 2 amide bonds. The van der Waals surface area contributed by atoms with Crippen molar-refractivity contribution in [3.05, 3.63) is 11.6 Å². The van der Waals surface area contributed by atoms with E-state index in [1.807, 2.05) is 0 Å². The summed E-state index contributed by atoms with van der Waals surface area (Å²) in [5.74, 6) is -0.251. The Kier molecular flexibility index (Phi) is 1.45. The van der Waals surface area contributed by atoms with Gasteiger partial charge in [0.15, 0.2) is 0 Å². The van der Waals surface area contributed by atoms with Gasteiger partial charge in [-0.1, -0.05) is 13.8 Å². The lowest BCUT2D eigenvalue weighted by Gasteiger charge is -2.15. The van der Waals surface area contributed by atoms with Crippen LogP contribution in [-0.2, 0) is 9.59 Å². The smallest absolute Gasteiger partial charge is 0.256 e. The number of hydrogen-bond donors (Lipinski definition) is 0. The minimum Gasteiger partial charge on any atom is -0.271 e. The Labute approximate surface area is 77.4 Å². The highest BCUT2D eigenvalue weighted by Gasteiger charge is 2.54. The molecule has 1 aliphatic heterocycles. The van der Waals surface area contributed by atoms with Crippen LogP contribution in [0.3, 0.4) is 0 Å². The molecule has 0 N–H and O–H groups in total. The van der Waals surface area contributed by atoms with Crippen molar-refractivity contribution in [3.63, 3.8) is 0 Å². The van der Waals surface area contributed by atoms with Crippen LogP contribution in [0.4, 0.5) is 0 Å². The number of rotatable bonds is 1. The van der Waals surface area contributed by atoms with E-state index in [1.165, 1.54) is 11.0 Å². The molecule has 2 rings (SSSR count). The van der Waals surface area contributed by atoms with Gasteiger partial charge in [0, 0.05) is 17.7 Å². The molecule has 3 nitrogen and oxygen atoms in total. The molecule has 1 unspecified atom stereocenters. The Morgan fingerprint density at radius 3 is 2.31 bits per heavy atom. The van der Waals surface area contributed by atoms with Gasteiger partial charge in [0.25, 0.3) is 11.8 Å². The zero-order chi connectivity index (χ0) is 9.80. The van der Waals surface area contributed by atoms with Crippen molar-refractivity contribution in [3.8, 4) is 0 Å². The number of carbonyl (C=O) groups excluding carboxylic acids is 2. The molecule has 0 aromatic carbocycles. The molecule has 0 radical (unpaired) electrons. The summed E-state index contributed by atoms with van der Waals surface area (Å²) in [7, 11) is 0. The van der Waals surface area contributed by atoms with Gasteiger partial charge in [-0.15, -0.1) is 0 Å². The summed E-state index contributed by atoms with van der Waals surface area (Å²) in [5, 5.41) is 0. The van der Waals surface area contributed by atoms with Crippen LogP contribution in [0.1, 0.15) is 27.2 Å². The summed E-state index contributed by atoms with van der Waals surface area (Å²) in [6, 6.07) is 0.126. The maximum absolute atomic E-state index is 11.5. The van der Waals surface area contributed by atoms with Crippen molar-refractivity contribution in [2.45, 2.75) is 33.2 Å². The van der Waals surface area contributed by atoms with E-state index < -0.39 is 0 Å². The monoisotopic (exact) mass is 179 g/mol. The third kappa shape index (κ3) is 1.10. The van der Waals surface area contributed by atoms with Crippen LogP contribution in [0.2, 0.25) is 0 Å². The van der Waals surface area contributed by atoms with Crippen LogP contribution < -0.4 is 0 Å². The van der Waals surface area contributed by atoms with E-state index in [9.17, 15) is 9.59 Å². The van der Waals surface area contributed by atoms with Gasteiger partial charge in [0.05, 0.1) is 0 Å². The molecule has 1 heterocycles. The first-order chi connectivity index (χ1) is 5.93. The maximum atomic E-state index is 11.5. The molecule has 13 heavy (non-hydrogen) atoms. The van der Waals surface area contributed by atoms with E-state index in [0.717, 1.165) is 6.42 Å². The molecule has 1 atom stereocenters. The van der Waals surface area contributed by atoms with Crippen LogP contribution in [0.25, 0.3) is 0 Å². The van der Waals surface area contributed by atoms with Gasteiger partial charge in [0.2, 0.25) is 0 Å². The SMILES string of the molecule is CC1=CC(=O)N(C2CC2(C)C)C1=O. The van der Waals surface area contributed by atoms with E-state index in [-0.39, 0.29) is 23.3 Å². The molecule has 1 aliphatic carbocycles. The van der Waals surface area contributed by atoms with E-state index in [0.29, 0.717) is 5.57 Å². The minimum atomic E-state index is -0.141. The average Bonchev–Trinajstić information content (AvgIpc) is 2.51. The van der Waals surface area contributed by atoms with Crippen LogP contribution >= 0.6 is 0 Å². The second-order valence-electron chi connectivity index (χ2n) is 4.55. The van der Waals surface area contributed by atoms with Crippen LogP contribution in [-0.4, -0.2) is 22.8 Å². The Balaban J connectivity index is 2.21. The quantitative estimate of drug-likeness (QED) is 0.565. The Morgan fingerprint density at radius 1 is 1.46 bits per heavy atom. The first-order valence-electron chi connectivity index (χ1n) is 4.49. The highest BCUT2D eigenvalue weighted by molar-refractivity contribution is 6.16. The van der Waals surface area contributed by atoms with E-state index in [1.54, 1.807) is 6.92 Å². The summed E-state index contributed by atoms with van der Waals surface area (Å²) >= 11 is 0. The Hall–Kier alpha value is -1.12. The van der Waals surface area contributed by atoms with Crippen LogP contribution in [0.15, 0.2) is 11.6 Å². The minimum absolute atomic E-state index is 0.111. The predicted molar refractivity (Wildman–Crippen MR) is 47.8 cm³/mol. The normalized spacial score (nSPS) is 30.8. The van der Waals surface area contributed by atoms with Crippen molar-refractivity contribution >= 4 is 11.8 Å². The number of carbonyl (C=O) groups is 2. The standard InChI is InChI=1S/C10H13NO2/c1-6-4-8(12)11(9(6)13)7-5-10(7,2)3/h4,7H,5H2,1-3H3. The summed E-state index contributed by atoms with van der Waals surface area (Å²) < 4.78 is 0. The highest BCUT2D eigenvalue weighted by atomic mass is 16.2. The predicted octanol–water partition coefficient (Wildman–Crippen LogP) is 1.10. The third-order valence-corrected chi connectivity index (χ3v) is 2.91. The largest absolute Gasteiger partial charge is 0.271 e. The topological polar surface area (TPSA) is 37.4 Å². The zero-order valence-corrected chi connectivity index (χ0v) is 8.13. The van der Waals surface area contributed by atoms with Crippen LogP contribution in [0.5, 0.6) is 0 Å². The molecule has 0 aromatic rings. The summed E-state index contributed by atoms with van der Waals surface area (Å²) in [6.07, 6.45) is 2.36. The van der Waals surface area contributed by atoms with Crippen molar-refractivity contribution in [1.29, 1.82) is 0 Å². The van der Waals surface area contributed by atoms with Gasteiger partial charge in [-0.25, -0.2) is 0 Å². The second-order valence-corrected chi connectivity index (χ2v) is 4.55. The third-order valence-electron chi connectivity index (χ3n) is 2.91. The summed E-state index contributed by atoms with van der Waals surface area (Å²) in [6.45, 7) is 5.84. The average molecular weight is 179 g/mol. The van der Waals surface area contributed by atoms with Gasteiger partial charge < -0.3 is 0 Å². The van der Waals surface area contributed by atoms with Gasteiger partial charge >= 0.3 is 0 Å². The number of amides is 2. The fourth-order valence-corrected chi connectivity index (χ4v) is 1.78. The van der Waals surface area contributed by atoms with E-state index in [2.05, 4.69) is 13.8 Å². The first kappa shape index (κ1) is 8.48. The summed E-state index contributed by atoms with van der Waals surface area (Å²) in [5.41, 5.74) is 0.691. The second kappa shape index (κ2) is 2.22. The Morgan fingerprint density at radius 2 is 2.00 bits per heavy atom. The number of nitrogens with zero attached hydrogens (tertiary/aromatic N) is 1. The highest BCUT2D eigenvalue weighted by Crippen LogP contribution is 2.49. The molecule has 2 aliphatic rings. The molecular formula is C10H13NO2. The van der Waals surface area contributed by atoms with Gasteiger partial charge in [-0.3, -0.25) is 14.5 Å². The fraction of sp³-hybridized carbons (Fsp3) is 0.600. The van der Waals surface area contributed by atoms with E-state index in [4.69, 9.17) is 0 Å². The van der Waals surface area contributed by atoms with Crippen molar-refractivity contribution < 1.29 is 9.59 Å². The first-order valence-corrected chi connectivity index (χ1v) is 4.49.